The summed E-state index contributed by atoms with van der Waals surface area (Å²) in [6.07, 6.45) is 3.08. The van der Waals surface area contributed by atoms with E-state index in [0.29, 0.717) is 11.4 Å². The van der Waals surface area contributed by atoms with Gasteiger partial charge in [-0.3, -0.25) is 9.59 Å². The summed E-state index contributed by atoms with van der Waals surface area (Å²) in [5, 5.41) is 4.39. The summed E-state index contributed by atoms with van der Waals surface area (Å²) >= 11 is 0. The summed E-state index contributed by atoms with van der Waals surface area (Å²) < 4.78 is 6.74. The number of amides is 2. The van der Waals surface area contributed by atoms with Gasteiger partial charge in [0.25, 0.3) is 5.91 Å². The zero-order chi connectivity index (χ0) is 19.6. The van der Waals surface area contributed by atoms with Crippen LogP contribution in [0.5, 0.6) is 0 Å². The number of aromatic nitrogens is 3. The number of nitrogens with zero attached hydrogens (tertiary/aromatic N) is 5. The summed E-state index contributed by atoms with van der Waals surface area (Å²) in [7, 11) is 4.83. The molecule has 0 aliphatic carbocycles. The summed E-state index contributed by atoms with van der Waals surface area (Å²) in [6.45, 7) is 1.94. The van der Waals surface area contributed by atoms with Crippen molar-refractivity contribution in [1.29, 1.82) is 0 Å². The fourth-order valence-corrected chi connectivity index (χ4v) is 2.43. The van der Waals surface area contributed by atoms with E-state index in [2.05, 4.69) is 10.1 Å². The van der Waals surface area contributed by atoms with Crippen LogP contribution >= 0.6 is 0 Å². The lowest BCUT2D eigenvalue weighted by atomic mass is 10.2. The second kappa shape index (κ2) is 7.45. The van der Waals surface area contributed by atoms with Crippen LogP contribution in [0.2, 0.25) is 0 Å². The average molecular weight is 367 g/mol. The van der Waals surface area contributed by atoms with Gasteiger partial charge in [0.2, 0.25) is 11.7 Å². The fourth-order valence-electron chi connectivity index (χ4n) is 2.43. The first-order valence-electron chi connectivity index (χ1n) is 8.39. The molecule has 0 saturated heterocycles. The minimum absolute atomic E-state index is 0.0147. The van der Waals surface area contributed by atoms with Crippen LogP contribution in [0.15, 0.2) is 47.3 Å². The number of hydrogen-bond donors (Lipinski definition) is 0. The summed E-state index contributed by atoms with van der Waals surface area (Å²) in [5.74, 6) is -0.108. The highest BCUT2D eigenvalue weighted by molar-refractivity contribution is 5.93. The summed E-state index contributed by atoms with van der Waals surface area (Å²) in [5.41, 5.74) is 2.59. The van der Waals surface area contributed by atoms with Crippen molar-refractivity contribution in [3.63, 3.8) is 0 Å². The highest BCUT2D eigenvalue weighted by Gasteiger charge is 2.23. The van der Waals surface area contributed by atoms with E-state index in [1.54, 1.807) is 38.2 Å². The Labute approximate surface area is 157 Å². The van der Waals surface area contributed by atoms with Crippen molar-refractivity contribution in [3.8, 4) is 17.1 Å². The van der Waals surface area contributed by atoms with Gasteiger partial charge in [0, 0.05) is 21.1 Å². The first kappa shape index (κ1) is 18.4. The quantitative estimate of drug-likeness (QED) is 0.689. The molecule has 0 aliphatic heterocycles. The van der Waals surface area contributed by atoms with Crippen LogP contribution in [0.25, 0.3) is 17.1 Å². The van der Waals surface area contributed by atoms with Crippen molar-refractivity contribution >= 4 is 11.8 Å². The lowest BCUT2D eigenvalue weighted by Gasteiger charge is -2.17. The van der Waals surface area contributed by atoms with E-state index in [1.807, 2.05) is 31.2 Å². The molecule has 0 radical (unpaired) electrons. The van der Waals surface area contributed by atoms with Gasteiger partial charge in [-0.15, -0.1) is 5.10 Å². The smallest absolute Gasteiger partial charge is 0.293 e. The molecule has 0 saturated carbocycles. The van der Waals surface area contributed by atoms with Gasteiger partial charge in [0.05, 0.1) is 24.1 Å². The van der Waals surface area contributed by atoms with Crippen LogP contribution in [0, 0.1) is 6.92 Å². The van der Waals surface area contributed by atoms with E-state index in [-0.39, 0.29) is 18.3 Å². The molecule has 2 aromatic heterocycles. The molecule has 140 valence electrons. The third kappa shape index (κ3) is 3.89. The summed E-state index contributed by atoms with van der Waals surface area (Å²) in [4.78, 5) is 31.7. The van der Waals surface area contributed by atoms with Crippen molar-refractivity contribution in [2.75, 3.05) is 27.7 Å². The van der Waals surface area contributed by atoms with Crippen LogP contribution in [-0.2, 0) is 4.79 Å². The molecule has 0 bridgehead atoms. The Hall–Kier alpha value is -3.42. The first-order valence-corrected chi connectivity index (χ1v) is 8.39. The van der Waals surface area contributed by atoms with Gasteiger partial charge >= 0.3 is 0 Å². The average Bonchev–Trinajstić information content (AvgIpc) is 3.31. The highest BCUT2D eigenvalue weighted by atomic mass is 16.3. The molecule has 8 nitrogen and oxygen atoms in total. The molecule has 0 N–H and O–H groups in total. The van der Waals surface area contributed by atoms with Gasteiger partial charge in [0.1, 0.15) is 6.26 Å². The molecule has 27 heavy (non-hydrogen) atoms. The maximum absolute atomic E-state index is 12.7. The van der Waals surface area contributed by atoms with E-state index < -0.39 is 5.91 Å². The number of likely N-dealkylation sites (N-methyl/N-ethyl adjacent to an activating group) is 2. The molecule has 0 spiro atoms. The number of rotatable bonds is 5. The second-order valence-corrected chi connectivity index (χ2v) is 6.47. The van der Waals surface area contributed by atoms with Crippen LogP contribution in [-0.4, -0.2) is 64.1 Å². The highest BCUT2D eigenvalue weighted by Crippen LogP contribution is 2.22. The Morgan fingerprint density at radius 1 is 1.11 bits per heavy atom. The zero-order valence-electron chi connectivity index (χ0n) is 15.7. The van der Waals surface area contributed by atoms with Crippen molar-refractivity contribution in [1.82, 2.24) is 24.6 Å². The van der Waals surface area contributed by atoms with Gasteiger partial charge in [-0.2, -0.15) is 0 Å². The van der Waals surface area contributed by atoms with E-state index in [9.17, 15) is 9.59 Å². The number of aryl methyl sites for hydroxylation is 1. The van der Waals surface area contributed by atoms with Gasteiger partial charge in [0.15, 0.2) is 5.82 Å². The van der Waals surface area contributed by atoms with Crippen LogP contribution < -0.4 is 0 Å². The van der Waals surface area contributed by atoms with Crippen LogP contribution in [0.1, 0.15) is 16.2 Å². The monoisotopic (exact) mass is 367 g/mol. The van der Waals surface area contributed by atoms with E-state index >= 15 is 0 Å². The molecule has 0 unspecified atom stereocenters. The van der Waals surface area contributed by atoms with Gasteiger partial charge in [-0.05, 0) is 25.1 Å². The van der Waals surface area contributed by atoms with Crippen LogP contribution in [0.4, 0.5) is 0 Å². The lowest BCUT2D eigenvalue weighted by molar-refractivity contribution is -0.129. The molecule has 0 atom stereocenters. The van der Waals surface area contributed by atoms with E-state index in [4.69, 9.17) is 4.42 Å². The third-order valence-corrected chi connectivity index (χ3v) is 4.07. The molecule has 0 aliphatic rings. The maximum atomic E-state index is 12.7. The van der Waals surface area contributed by atoms with Gasteiger partial charge < -0.3 is 14.2 Å². The normalized spacial score (nSPS) is 10.7. The molecule has 2 amide bonds. The topological polar surface area (TPSA) is 84.5 Å². The molecule has 3 rings (SSSR count). The van der Waals surface area contributed by atoms with E-state index in [1.165, 1.54) is 16.1 Å². The second-order valence-electron chi connectivity index (χ2n) is 6.47. The predicted molar refractivity (Wildman–Crippen MR) is 99.5 cm³/mol. The number of furan rings is 1. The summed E-state index contributed by atoms with van der Waals surface area (Å²) in [6, 6.07) is 9.48. The van der Waals surface area contributed by atoms with E-state index in [0.717, 1.165) is 11.3 Å². The Morgan fingerprint density at radius 2 is 1.81 bits per heavy atom. The van der Waals surface area contributed by atoms with Gasteiger partial charge in [-0.1, -0.05) is 17.7 Å². The number of benzene rings is 1. The third-order valence-electron chi connectivity index (χ3n) is 4.07. The Morgan fingerprint density at radius 3 is 2.41 bits per heavy atom. The zero-order valence-corrected chi connectivity index (χ0v) is 15.7. The molecule has 1 aromatic carbocycles. The molecular weight excluding hydrogens is 346 g/mol. The van der Waals surface area contributed by atoms with Crippen molar-refractivity contribution < 1.29 is 14.0 Å². The fraction of sp³-hybridized carbons (Fsp3) is 0.263. The molecule has 2 heterocycles. The molecule has 8 heteroatoms. The first-order chi connectivity index (χ1) is 12.9. The SMILES string of the molecule is Cc1ccc(-n2nc(C(=O)N(C)CC(=O)N(C)C)nc2-c2ccoc2)cc1. The number of carbonyl (C=O) groups is 2. The van der Waals surface area contributed by atoms with Crippen molar-refractivity contribution in [2.24, 2.45) is 0 Å². The lowest BCUT2D eigenvalue weighted by Crippen LogP contribution is -2.38. The van der Waals surface area contributed by atoms with Crippen LogP contribution in [0.3, 0.4) is 0 Å². The predicted octanol–water partition coefficient (Wildman–Crippen LogP) is 2.00. The number of hydrogen-bond acceptors (Lipinski definition) is 5. The van der Waals surface area contributed by atoms with Gasteiger partial charge in [-0.25, -0.2) is 9.67 Å². The molecule has 3 aromatic rings. The van der Waals surface area contributed by atoms with Crippen molar-refractivity contribution in [2.45, 2.75) is 6.92 Å². The molecule has 0 fully saturated rings. The minimum atomic E-state index is -0.430. The van der Waals surface area contributed by atoms with Crippen molar-refractivity contribution in [3.05, 3.63) is 54.2 Å². The molecular formula is C19H21N5O3. The maximum Gasteiger partial charge on any atom is 0.293 e. The number of carbonyl (C=O) groups excluding carboxylic acids is 2. The Kier molecular flexibility index (Phi) is 5.07. The standard InChI is InChI=1S/C19H21N5O3/c1-13-5-7-15(8-6-13)24-18(14-9-10-27-12-14)20-17(21-24)19(26)23(4)11-16(25)22(2)3/h5-10,12H,11H2,1-4H3. The largest absolute Gasteiger partial charge is 0.472 e. The minimum Gasteiger partial charge on any atom is -0.472 e. The Bertz CT molecular complexity index is 942. The Balaban J connectivity index is 1.97.